The van der Waals surface area contributed by atoms with E-state index < -0.39 is 0 Å². The van der Waals surface area contributed by atoms with Gasteiger partial charge in [-0.15, -0.1) is 0 Å². The van der Waals surface area contributed by atoms with Crippen molar-refractivity contribution in [2.24, 2.45) is 0 Å². The first-order valence-corrected chi connectivity index (χ1v) is 5.40. The topological polar surface area (TPSA) is 29.5 Å². The van der Waals surface area contributed by atoms with Gasteiger partial charge in [0, 0.05) is 5.56 Å². The van der Waals surface area contributed by atoms with Crippen LogP contribution in [0.5, 0.6) is 5.75 Å². The molecule has 2 aromatic carbocycles. The zero-order valence-corrected chi connectivity index (χ0v) is 9.63. The molecule has 0 spiro atoms. The fourth-order valence-corrected chi connectivity index (χ4v) is 1.59. The van der Waals surface area contributed by atoms with Crippen LogP contribution in [0.1, 0.15) is 11.1 Å². The average molecular weight is 226 g/mol. The predicted molar refractivity (Wildman–Crippen MR) is 69.4 cm³/mol. The summed E-state index contributed by atoms with van der Waals surface area (Å²) < 4.78 is 5.36. The molecule has 0 bridgehead atoms. The lowest BCUT2D eigenvalue weighted by Crippen LogP contribution is -1.87. The Labute approximate surface area is 101 Å². The Bertz CT molecular complexity index is 498. The number of benzene rings is 2. The van der Waals surface area contributed by atoms with Crippen molar-refractivity contribution in [2.75, 3.05) is 7.11 Å². The number of aromatic hydroxyl groups is 1. The number of methoxy groups -OCH3 is 1. The average Bonchev–Trinajstić information content (AvgIpc) is 2.38. The van der Waals surface area contributed by atoms with E-state index in [1.54, 1.807) is 19.2 Å². The number of phenolic OH excluding ortho intramolecular Hbond substituents is 1. The molecule has 0 atom stereocenters. The minimum absolute atomic E-state index is 0.254. The Morgan fingerprint density at radius 2 is 1.65 bits per heavy atom. The van der Waals surface area contributed by atoms with Crippen molar-refractivity contribution in [3.8, 4) is 5.75 Å². The van der Waals surface area contributed by atoms with E-state index in [1.165, 1.54) is 0 Å². The standard InChI is InChI=1S/C15H14O2/c1-17-15(11-12-5-3-2-4-6-12)13-7-9-14(16)10-8-13/h2-11,16H,1H3. The molecule has 1 N–H and O–H groups in total. The van der Waals surface area contributed by atoms with Gasteiger partial charge in [0.15, 0.2) is 0 Å². The van der Waals surface area contributed by atoms with Gasteiger partial charge in [-0.2, -0.15) is 0 Å². The molecule has 0 radical (unpaired) electrons. The molecule has 2 heteroatoms. The summed E-state index contributed by atoms with van der Waals surface area (Å²) in [5.41, 5.74) is 2.02. The first-order valence-electron chi connectivity index (χ1n) is 5.40. The zero-order valence-electron chi connectivity index (χ0n) is 9.63. The molecular formula is C15H14O2. The van der Waals surface area contributed by atoms with Crippen molar-refractivity contribution < 1.29 is 9.84 Å². The molecule has 2 aromatic rings. The Kier molecular flexibility index (Phi) is 3.46. The number of phenols is 1. The molecule has 2 rings (SSSR count). The molecule has 0 fully saturated rings. The van der Waals surface area contributed by atoms with E-state index in [2.05, 4.69) is 0 Å². The summed E-state index contributed by atoms with van der Waals surface area (Å²) in [5, 5.41) is 9.24. The molecule has 0 aliphatic carbocycles. The number of hydrogen-bond donors (Lipinski definition) is 1. The van der Waals surface area contributed by atoms with E-state index in [-0.39, 0.29) is 5.75 Å². The van der Waals surface area contributed by atoms with E-state index in [9.17, 15) is 5.11 Å². The quantitative estimate of drug-likeness (QED) is 0.640. The lowest BCUT2D eigenvalue weighted by atomic mass is 10.1. The third-order valence-corrected chi connectivity index (χ3v) is 2.47. The maximum atomic E-state index is 9.24. The second-order valence-electron chi connectivity index (χ2n) is 3.67. The molecule has 0 heterocycles. The van der Waals surface area contributed by atoms with Gasteiger partial charge in [-0.25, -0.2) is 0 Å². The Hall–Kier alpha value is -2.22. The SMILES string of the molecule is COC(=Cc1ccccc1)c1ccc(O)cc1. The summed E-state index contributed by atoms with van der Waals surface area (Å²) in [4.78, 5) is 0. The normalized spacial score (nSPS) is 11.2. The maximum Gasteiger partial charge on any atom is 0.126 e. The highest BCUT2D eigenvalue weighted by Crippen LogP contribution is 2.20. The van der Waals surface area contributed by atoms with Crippen LogP contribution >= 0.6 is 0 Å². The molecule has 0 unspecified atom stereocenters. The molecule has 2 nitrogen and oxygen atoms in total. The highest BCUT2D eigenvalue weighted by atomic mass is 16.5. The van der Waals surface area contributed by atoms with E-state index in [0.29, 0.717) is 0 Å². The van der Waals surface area contributed by atoms with Gasteiger partial charge < -0.3 is 9.84 Å². The Morgan fingerprint density at radius 3 is 2.24 bits per heavy atom. The van der Waals surface area contributed by atoms with E-state index in [0.717, 1.165) is 16.9 Å². The molecule has 0 aliphatic heterocycles. The van der Waals surface area contributed by atoms with Crippen LogP contribution in [0.3, 0.4) is 0 Å². The Morgan fingerprint density at radius 1 is 1.00 bits per heavy atom. The van der Waals surface area contributed by atoms with Crippen LogP contribution in [-0.4, -0.2) is 12.2 Å². The lowest BCUT2D eigenvalue weighted by molar-refractivity contribution is 0.372. The van der Waals surface area contributed by atoms with Crippen LogP contribution in [0.4, 0.5) is 0 Å². The van der Waals surface area contributed by atoms with Crippen molar-refractivity contribution in [3.63, 3.8) is 0 Å². The largest absolute Gasteiger partial charge is 0.508 e. The van der Waals surface area contributed by atoms with Crippen molar-refractivity contribution >= 4 is 11.8 Å². The van der Waals surface area contributed by atoms with Crippen LogP contribution in [0, 0.1) is 0 Å². The highest BCUT2D eigenvalue weighted by molar-refractivity contribution is 5.77. The first kappa shape index (κ1) is 11.3. The summed E-state index contributed by atoms with van der Waals surface area (Å²) in [6.45, 7) is 0. The van der Waals surface area contributed by atoms with Gasteiger partial charge in [0.2, 0.25) is 0 Å². The van der Waals surface area contributed by atoms with Gasteiger partial charge >= 0.3 is 0 Å². The summed E-state index contributed by atoms with van der Waals surface area (Å²) in [7, 11) is 1.64. The minimum Gasteiger partial charge on any atom is -0.508 e. The van der Waals surface area contributed by atoms with Crippen LogP contribution in [0.25, 0.3) is 11.8 Å². The van der Waals surface area contributed by atoms with E-state index >= 15 is 0 Å². The van der Waals surface area contributed by atoms with Crippen LogP contribution in [0.2, 0.25) is 0 Å². The maximum absolute atomic E-state index is 9.24. The summed E-state index contributed by atoms with van der Waals surface area (Å²) in [5.74, 6) is 1.03. The summed E-state index contributed by atoms with van der Waals surface area (Å²) in [6.07, 6.45) is 1.96. The van der Waals surface area contributed by atoms with Crippen molar-refractivity contribution in [2.45, 2.75) is 0 Å². The first-order chi connectivity index (χ1) is 8.29. The van der Waals surface area contributed by atoms with Crippen molar-refractivity contribution in [3.05, 3.63) is 65.7 Å². The summed E-state index contributed by atoms with van der Waals surface area (Å²) in [6, 6.07) is 16.9. The molecular weight excluding hydrogens is 212 g/mol. The second kappa shape index (κ2) is 5.21. The third kappa shape index (κ3) is 2.88. The van der Waals surface area contributed by atoms with Gasteiger partial charge in [-0.1, -0.05) is 30.3 Å². The smallest absolute Gasteiger partial charge is 0.126 e. The van der Waals surface area contributed by atoms with Crippen LogP contribution in [0.15, 0.2) is 54.6 Å². The molecule has 0 saturated heterocycles. The monoisotopic (exact) mass is 226 g/mol. The van der Waals surface area contributed by atoms with Crippen molar-refractivity contribution in [1.29, 1.82) is 0 Å². The van der Waals surface area contributed by atoms with Gasteiger partial charge in [-0.3, -0.25) is 0 Å². The molecule has 0 amide bonds. The molecule has 86 valence electrons. The van der Waals surface area contributed by atoms with Gasteiger partial charge in [0.05, 0.1) is 7.11 Å². The summed E-state index contributed by atoms with van der Waals surface area (Å²) >= 11 is 0. The second-order valence-corrected chi connectivity index (χ2v) is 3.67. The zero-order chi connectivity index (χ0) is 12.1. The molecule has 0 aliphatic rings. The fourth-order valence-electron chi connectivity index (χ4n) is 1.59. The van der Waals surface area contributed by atoms with Crippen molar-refractivity contribution in [1.82, 2.24) is 0 Å². The van der Waals surface area contributed by atoms with Gasteiger partial charge in [-0.05, 0) is 35.9 Å². The Balaban J connectivity index is 2.34. The number of ether oxygens (including phenoxy) is 1. The number of rotatable bonds is 3. The van der Waals surface area contributed by atoms with E-state index in [1.807, 2.05) is 48.5 Å². The predicted octanol–water partition coefficient (Wildman–Crippen LogP) is 3.54. The van der Waals surface area contributed by atoms with Crippen LogP contribution < -0.4 is 0 Å². The third-order valence-electron chi connectivity index (χ3n) is 2.47. The molecule has 0 saturated carbocycles. The number of hydrogen-bond acceptors (Lipinski definition) is 2. The van der Waals surface area contributed by atoms with E-state index in [4.69, 9.17) is 4.74 Å². The fraction of sp³-hybridized carbons (Fsp3) is 0.0667. The minimum atomic E-state index is 0.254. The van der Waals surface area contributed by atoms with Gasteiger partial charge in [0.25, 0.3) is 0 Å². The molecule has 17 heavy (non-hydrogen) atoms. The molecule has 0 aromatic heterocycles. The van der Waals surface area contributed by atoms with Gasteiger partial charge in [0.1, 0.15) is 11.5 Å². The lowest BCUT2D eigenvalue weighted by Gasteiger charge is -2.06. The highest BCUT2D eigenvalue weighted by Gasteiger charge is 2.01. The van der Waals surface area contributed by atoms with Crippen LogP contribution in [-0.2, 0) is 4.74 Å².